The molecule has 6 rings (SSSR count). The van der Waals surface area contributed by atoms with Gasteiger partial charge in [0.05, 0.1) is 11.4 Å². The van der Waals surface area contributed by atoms with Crippen molar-refractivity contribution in [2.45, 2.75) is 19.0 Å². The highest BCUT2D eigenvalue weighted by atomic mass is 19.1. The minimum absolute atomic E-state index is 0.218. The van der Waals surface area contributed by atoms with Crippen molar-refractivity contribution in [1.29, 1.82) is 0 Å². The SMILES string of the molecule is CN(C)C1CCN(c2ccc3c(c2)Cn2cc(-c4ccc(F)cc4)cc2-c2nccn2-3)C1. The van der Waals surface area contributed by atoms with Crippen LogP contribution in [0.4, 0.5) is 10.1 Å². The highest BCUT2D eigenvalue weighted by Gasteiger charge is 2.26. The lowest BCUT2D eigenvalue weighted by Crippen LogP contribution is -2.31. The maximum absolute atomic E-state index is 13.4. The summed E-state index contributed by atoms with van der Waals surface area (Å²) >= 11 is 0. The number of nitrogens with zero attached hydrogens (tertiary/aromatic N) is 5. The minimum atomic E-state index is -0.218. The molecule has 2 aromatic heterocycles. The summed E-state index contributed by atoms with van der Waals surface area (Å²) in [5, 5.41) is 0. The van der Waals surface area contributed by atoms with E-state index in [1.54, 1.807) is 0 Å². The van der Waals surface area contributed by atoms with Crippen LogP contribution in [0, 0.1) is 5.82 Å². The molecule has 0 amide bonds. The van der Waals surface area contributed by atoms with Crippen molar-refractivity contribution in [3.8, 4) is 28.3 Å². The van der Waals surface area contributed by atoms with Crippen LogP contribution >= 0.6 is 0 Å². The molecule has 1 saturated heterocycles. The Morgan fingerprint density at radius 1 is 1.03 bits per heavy atom. The molecule has 0 N–H and O–H groups in total. The molecule has 2 aliphatic heterocycles. The summed E-state index contributed by atoms with van der Waals surface area (Å²) in [4.78, 5) is 9.49. The Balaban J connectivity index is 1.41. The molecule has 4 heterocycles. The molecule has 0 saturated carbocycles. The van der Waals surface area contributed by atoms with Gasteiger partial charge in [-0.2, -0.15) is 0 Å². The van der Waals surface area contributed by atoms with Gasteiger partial charge in [-0.15, -0.1) is 0 Å². The fourth-order valence-corrected chi connectivity index (χ4v) is 5.03. The first-order valence-electron chi connectivity index (χ1n) is 11.1. The predicted octanol–water partition coefficient (Wildman–Crippen LogP) is 4.65. The molecule has 0 aliphatic carbocycles. The van der Waals surface area contributed by atoms with E-state index in [1.165, 1.54) is 35.5 Å². The van der Waals surface area contributed by atoms with E-state index in [2.05, 4.69) is 68.5 Å². The van der Waals surface area contributed by atoms with Crippen molar-refractivity contribution in [3.63, 3.8) is 0 Å². The highest BCUT2D eigenvalue weighted by molar-refractivity contribution is 5.72. The van der Waals surface area contributed by atoms with E-state index >= 15 is 0 Å². The Hall–Kier alpha value is -3.38. The van der Waals surface area contributed by atoms with Crippen LogP contribution in [-0.2, 0) is 6.54 Å². The molecule has 1 fully saturated rings. The molecular weight excluding hydrogens is 401 g/mol. The molecule has 162 valence electrons. The van der Waals surface area contributed by atoms with E-state index in [0.29, 0.717) is 6.04 Å². The molecule has 0 spiro atoms. The number of benzene rings is 2. The average molecular weight is 428 g/mol. The van der Waals surface area contributed by atoms with Gasteiger partial charge in [0.25, 0.3) is 0 Å². The third kappa shape index (κ3) is 3.14. The van der Waals surface area contributed by atoms with Gasteiger partial charge in [0.15, 0.2) is 5.82 Å². The summed E-state index contributed by atoms with van der Waals surface area (Å²) in [6.07, 6.45) is 7.24. The summed E-state index contributed by atoms with van der Waals surface area (Å²) in [5.74, 6) is 0.712. The molecule has 6 heteroatoms. The fourth-order valence-electron chi connectivity index (χ4n) is 5.03. The minimum Gasteiger partial charge on any atom is -0.370 e. The zero-order valence-electron chi connectivity index (χ0n) is 18.4. The van der Waals surface area contributed by atoms with E-state index < -0.39 is 0 Å². The number of hydrogen-bond donors (Lipinski definition) is 0. The Morgan fingerprint density at radius 2 is 1.88 bits per heavy atom. The van der Waals surface area contributed by atoms with Crippen LogP contribution in [0.5, 0.6) is 0 Å². The summed E-state index contributed by atoms with van der Waals surface area (Å²) in [6.45, 7) is 2.92. The Kier molecular flexibility index (Phi) is 4.43. The van der Waals surface area contributed by atoms with Crippen molar-refractivity contribution < 1.29 is 4.39 Å². The van der Waals surface area contributed by atoms with Gasteiger partial charge in [0, 0.05) is 55.5 Å². The largest absolute Gasteiger partial charge is 0.370 e. The number of fused-ring (bicyclic) bond motifs is 5. The summed E-state index contributed by atoms with van der Waals surface area (Å²) in [5.41, 5.74) is 6.88. The molecule has 1 unspecified atom stereocenters. The van der Waals surface area contributed by atoms with Gasteiger partial charge >= 0.3 is 0 Å². The molecular formula is C26H26FN5. The monoisotopic (exact) mass is 427 g/mol. The third-order valence-electron chi connectivity index (χ3n) is 6.87. The first kappa shape index (κ1) is 19.3. The normalized spacial score (nSPS) is 17.2. The molecule has 2 aliphatic rings. The lowest BCUT2D eigenvalue weighted by atomic mass is 10.1. The lowest BCUT2D eigenvalue weighted by Gasteiger charge is -2.23. The van der Waals surface area contributed by atoms with E-state index in [0.717, 1.165) is 42.3 Å². The standard InChI is InChI=1S/C26H26FN5/c1-29(2)23-9-11-30(17-23)22-7-8-24-20(13-22)16-31-15-19(18-3-5-21(27)6-4-18)14-25(31)26-28-10-12-32(24)26/h3-8,10,12-15,23H,9,11,16-17H2,1-2H3. The van der Waals surface area contributed by atoms with Crippen molar-refractivity contribution in [2.75, 3.05) is 32.1 Å². The van der Waals surface area contributed by atoms with Crippen molar-refractivity contribution >= 4 is 5.69 Å². The molecule has 5 nitrogen and oxygen atoms in total. The van der Waals surface area contributed by atoms with Crippen molar-refractivity contribution in [1.82, 2.24) is 19.0 Å². The molecule has 2 aromatic carbocycles. The summed E-state index contributed by atoms with van der Waals surface area (Å²) < 4.78 is 17.9. The predicted molar refractivity (Wildman–Crippen MR) is 126 cm³/mol. The number of halogens is 1. The molecule has 0 radical (unpaired) electrons. The first-order chi connectivity index (χ1) is 15.6. The smallest absolute Gasteiger partial charge is 0.161 e. The number of anilines is 1. The molecule has 0 bridgehead atoms. The van der Waals surface area contributed by atoms with Crippen LogP contribution in [-0.4, -0.2) is 52.2 Å². The van der Waals surface area contributed by atoms with Gasteiger partial charge in [-0.3, -0.25) is 4.57 Å². The lowest BCUT2D eigenvalue weighted by molar-refractivity contribution is 0.315. The van der Waals surface area contributed by atoms with Crippen LogP contribution in [0.25, 0.3) is 28.3 Å². The van der Waals surface area contributed by atoms with Gasteiger partial charge in [0.1, 0.15) is 5.82 Å². The first-order valence-corrected chi connectivity index (χ1v) is 11.1. The Morgan fingerprint density at radius 3 is 2.66 bits per heavy atom. The molecule has 1 atom stereocenters. The zero-order valence-corrected chi connectivity index (χ0v) is 18.4. The maximum Gasteiger partial charge on any atom is 0.161 e. The number of hydrogen-bond acceptors (Lipinski definition) is 3. The summed E-state index contributed by atoms with van der Waals surface area (Å²) in [6, 6.07) is 16.2. The second kappa shape index (κ2) is 7.35. The van der Waals surface area contributed by atoms with Crippen molar-refractivity contribution in [2.24, 2.45) is 0 Å². The van der Waals surface area contributed by atoms with Gasteiger partial charge in [-0.25, -0.2) is 9.37 Å². The van der Waals surface area contributed by atoms with Crippen molar-refractivity contribution in [3.05, 3.63) is 78.5 Å². The number of rotatable bonds is 3. The second-order valence-electron chi connectivity index (χ2n) is 9.03. The summed E-state index contributed by atoms with van der Waals surface area (Å²) in [7, 11) is 4.33. The number of aromatic nitrogens is 3. The number of likely N-dealkylation sites (N-methyl/N-ethyl adjacent to an activating group) is 1. The van der Waals surface area contributed by atoms with Gasteiger partial charge in [-0.05, 0) is 68.0 Å². The average Bonchev–Trinajstić information content (AvgIpc) is 3.53. The quantitative estimate of drug-likeness (QED) is 0.420. The van der Waals surface area contributed by atoms with E-state index in [4.69, 9.17) is 0 Å². The fraction of sp³-hybridized carbons (Fsp3) is 0.269. The van der Waals surface area contributed by atoms with Gasteiger partial charge in [-0.1, -0.05) is 12.1 Å². The van der Waals surface area contributed by atoms with Crippen LogP contribution in [0.1, 0.15) is 12.0 Å². The van der Waals surface area contributed by atoms with Gasteiger partial charge in [0.2, 0.25) is 0 Å². The molecule has 32 heavy (non-hydrogen) atoms. The zero-order chi connectivity index (χ0) is 21.8. The second-order valence-corrected chi connectivity index (χ2v) is 9.03. The van der Waals surface area contributed by atoms with E-state index in [1.807, 2.05) is 24.5 Å². The van der Waals surface area contributed by atoms with Crippen LogP contribution in [0.15, 0.2) is 67.1 Å². The van der Waals surface area contributed by atoms with Crippen LogP contribution in [0.3, 0.4) is 0 Å². The highest BCUT2D eigenvalue weighted by Crippen LogP contribution is 2.35. The van der Waals surface area contributed by atoms with E-state index in [9.17, 15) is 4.39 Å². The maximum atomic E-state index is 13.4. The van der Waals surface area contributed by atoms with Crippen LogP contribution in [0.2, 0.25) is 0 Å². The van der Waals surface area contributed by atoms with Crippen LogP contribution < -0.4 is 4.90 Å². The van der Waals surface area contributed by atoms with Gasteiger partial charge < -0.3 is 14.4 Å². The topological polar surface area (TPSA) is 29.2 Å². The Bertz CT molecular complexity index is 1280. The third-order valence-corrected chi connectivity index (χ3v) is 6.87. The van der Waals surface area contributed by atoms with E-state index in [-0.39, 0.29) is 5.82 Å². The molecule has 4 aromatic rings. The Labute approximate surface area is 187 Å². The number of imidazole rings is 1.